The van der Waals surface area contributed by atoms with Gasteiger partial charge < -0.3 is 10.1 Å². The number of benzene rings is 2. The molecule has 0 aliphatic rings. The monoisotopic (exact) mass is 446 g/mol. The summed E-state index contributed by atoms with van der Waals surface area (Å²) in [4.78, 5) is -0.334. The van der Waals surface area contributed by atoms with Crippen molar-refractivity contribution in [2.45, 2.75) is 11.4 Å². The second-order valence-corrected chi connectivity index (χ2v) is 7.76. The van der Waals surface area contributed by atoms with E-state index in [1.807, 2.05) is 0 Å². The predicted octanol–water partition coefficient (Wildman–Crippen LogP) is 3.96. The number of nitrogens with one attached hydrogen (secondary N) is 1. The third-order valence-electron chi connectivity index (χ3n) is 4.11. The minimum absolute atomic E-state index is 0. The smallest absolute Gasteiger partial charge is 0.268 e. The van der Waals surface area contributed by atoms with Gasteiger partial charge in [0.05, 0.1) is 12.0 Å². The van der Waals surface area contributed by atoms with Gasteiger partial charge in [0.25, 0.3) is 10.0 Å². The van der Waals surface area contributed by atoms with E-state index in [1.54, 1.807) is 7.05 Å². The molecule has 2 aromatic carbocycles. The van der Waals surface area contributed by atoms with Gasteiger partial charge in [0.2, 0.25) is 0 Å². The summed E-state index contributed by atoms with van der Waals surface area (Å²) in [7, 11) is -1.38. The summed E-state index contributed by atoms with van der Waals surface area (Å²) in [5.74, 6) is -2.25. The quantitative estimate of drug-likeness (QED) is 0.622. The van der Waals surface area contributed by atoms with Crippen LogP contribution in [0.2, 0.25) is 0 Å². The summed E-state index contributed by atoms with van der Waals surface area (Å²) in [6, 6.07) is 7.13. The minimum atomic E-state index is -4.32. The normalized spacial score (nSPS) is 11.2. The van der Waals surface area contributed by atoms with Crippen LogP contribution >= 0.6 is 12.4 Å². The first kappa shape index (κ1) is 22.8. The molecule has 0 aliphatic heterocycles. The van der Waals surface area contributed by atoms with E-state index in [1.165, 1.54) is 25.4 Å². The lowest BCUT2D eigenvalue weighted by molar-refractivity contribution is 0.411. The molecule has 0 radical (unpaired) electrons. The molecule has 1 aromatic heterocycles. The molecule has 1 heterocycles. The van der Waals surface area contributed by atoms with Crippen LogP contribution in [0.3, 0.4) is 0 Å². The number of halogens is 4. The fraction of sp³-hybridized carbons (Fsp3) is 0.158. The first-order valence-corrected chi connectivity index (χ1v) is 9.63. The maximum atomic E-state index is 14.5. The van der Waals surface area contributed by atoms with E-state index >= 15 is 0 Å². The molecule has 3 aromatic rings. The third-order valence-corrected chi connectivity index (χ3v) is 5.76. The summed E-state index contributed by atoms with van der Waals surface area (Å²) in [5.41, 5.74) is -0.0724. The molecule has 0 saturated heterocycles. The fourth-order valence-corrected chi connectivity index (χ4v) is 4.34. The van der Waals surface area contributed by atoms with Gasteiger partial charge in [-0.2, -0.15) is 0 Å². The maximum Gasteiger partial charge on any atom is 0.268 e. The van der Waals surface area contributed by atoms with Crippen molar-refractivity contribution >= 4 is 22.4 Å². The van der Waals surface area contributed by atoms with Crippen molar-refractivity contribution < 1.29 is 26.3 Å². The number of aromatic nitrogens is 1. The minimum Gasteiger partial charge on any atom is -0.494 e. The first-order chi connectivity index (χ1) is 13.3. The van der Waals surface area contributed by atoms with Crippen molar-refractivity contribution in [1.82, 2.24) is 9.29 Å². The second-order valence-electron chi connectivity index (χ2n) is 5.95. The second kappa shape index (κ2) is 8.89. The highest BCUT2D eigenvalue weighted by Gasteiger charge is 2.29. The lowest BCUT2D eigenvalue weighted by Crippen LogP contribution is -2.14. The van der Waals surface area contributed by atoms with Gasteiger partial charge in [0.1, 0.15) is 28.9 Å². The lowest BCUT2D eigenvalue weighted by atomic mass is 10.1. The van der Waals surface area contributed by atoms with Crippen molar-refractivity contribution in [2.24, 2.45) is 0 Å². The average Bonchev–Trinajstić information content (AvgIpc) is 3.03. The summed E-state index contributed by atoms with van der Waals surface area (Å²) in [6.45, 7) is 0.207. The van der Waals surface area contributed by atoms with Gasteiger partial charge in [-0.1, -0.05) is 6.07 Å². The third kappa shape index (κ3) is 4.26. The Morgan fingerprint density at radius 1 is 1.07 bits per heavy atom. The molecule has 29 heavy (non-hydrogen) atoms. The Labute approximate surface area is 172 Å². The molecule has 1 N–H and O–H groups in total. The van der Waals surface area contributed by atoms with Gasteiger partial charge in [-0.3, -0.25) is 0 Å². The van der Waals surface area contributed by atoms with Gasteiger partial charge >= 0.3 is 0 Å². The molecule has 0 amide bonds. The Kier molecular flexibility index (Phi) is 6.99. The van der Waals surface area contributed by atoms with Crippen LogP contribution in [0.1, 0.15) is 5.56 Å². The van der Waals surface area contributed by atoms with E-state index in [0.29, 0.717) is 5.56 Å². The van der Waals surface area contributed by atoms with E-state index in [9.17, 15) is 21.6 Å². The summed E-state index contributed by atoms with van der Waals surface area (Å²) >= 11 is 0. The van der Waals surface area contributed by atoms with Crippen molar-refractivity contribution in [3.8, 4) is 17.0 Å². The molecule has 0 unspecified atom stereocenters. The highest BCUT2D eigenvalue weighted by molar-refractivity contribution is 7.90. The van der Waals surface area contributed by atoms with Crippen LogP contribution in [0.25, 0.3) is 11.3 Å². The highest BCUT2D eigenvalue weighted by atomic mass is 35.5. The molecule has 156 valence electrons. The van der Waals surface area contributed by atoms with Crippen LogP contribution in [0.4, 0.5) is 13.2 Å². The molecule has 0 atom stereocenters. The standard InChI is InChI=1S/C19H17F3N2O3S.ClH/c1-23-10-12-11-24(28(25,26)15-5-3-4-13(20)8-15)18(19(12)27-2)16-9-14(21)6-7-17(16)22;/h3-9,11,23H,10H2,1-2H3;1H. The average molecular weight is 447 g/mol. The summed E-state index contributed by atoms with van der Waals surface area (Å²) in [5, 5.41) is 2.86. The Balaban J connectivity index is 0.00000300. The van der Waals surface area contributed by atoms with E-state index in [-0.39, 0.29) is 40.9 Å². The van der Waals surface area contributed by atoms with E-state index in [4.69, 9.17) is 4.74 Å². The van der Waals surface area contributed by atoms with Crippen LogP contribution in [0.15, 0.2) is 53.6 Å². The SMILES string of the molecule is CNCc1cn(S(=O)(=O)c2cccc(F)c2)c(-c2cc(F)ccc2F)c1OC.Cl. The van der Waals surface area contributed by atoms with Gasteiger partial charge in [-0.05, 0) is 43.4 Å². The Bertz CT molecular complexity index is 1130. The Hall–Kier alpha value is -2.49. The molecule has 0 bridgehead atoms. The van der Waals surface area contributed by atoms with E-state index in [2.05, 4.69) is 5.32 Å². The molecule has 0 saturated carbocycles. The van der Waals surface area contributed by atoms with Crippen molar-refractivity contribution in [2.75, 3.05) is 14.2 Å². The Morgan fingerprint density at radius 3 is 2.38 bits per heavy atom. The van der Waals surface area contributed by atoms with Crippen molar-refractivity contribution in [3.63, 3.8) is 0 Å². The number of rotatable bonds is 6. The highest BCUT2D eigenvalue weighted by Crippen LogP contribution is 2.39. The van der Waals surface area contributed by atoms with E-state index in [0.717, 1.165) is 34.3 Å². The lowest BCUT2D eigenvalue weighted by Gasteiger charge is -2.13. The first-order valence-electron chi connectivity index (χ1n) is 8.19. The fourth-order valence-electron chi connectivity index (χ4n) is 2.91. The summed E-state index contributed by atoms with van der Waals surface area (Å²) < 4.78 is 74.3. The zero-order valence-corrected chi connectivity index (χ0v) is 17.1. The van der Waals surface area contributed by atoms with Gasteiger partial charge in [-0.15, -0.1) is 12.4 Å². The molecule has 0 spiro atoms. The molecule has 10 heteroatoms. The number of hydrogen-bond donors (Lipinski definition) is 1. The largest absolute Gasteiger partial charge is 0.494 e. The van der Waals surface area contributed by atoms with E-state index < -0.39 is 27.5 Å². The summed E-state index contributed by atoms with van der Waals surface area (Å²) in [6.07, 6.45) is 1.25. The van der Waals surface area contributed by atoms with Gasteiger partial charge in [0.15, 0.2) is 0 Å². The van der Waals surface area contributed by atoms with Crippen LogP contribution < -0.4 is 10.1 Å². The Morgan fingerprint density at radius 2 is 1.76 bits per heavy atom. The van der Waals surface area contributed by atoms with Gasteiger partial charge in [-0.25, -0.2) is 25.6 Å². The molecule has 0 fully saturated rings. The number of methoxy groups -OCH3 is 1. The zero-order valence-electron chi connectivity index (χ0n) is 15.4. The van der Waals surface area contributed by atoms with Crippen molar-refractivity contribution in [3.05, 3.63) is 71.7 Å². The molecule has 5 nitrogen and oxygen atoms in total. The van der Waals surface area contributed by atoms with Crippen molar-refractivity contribution in [1.29, 1.82) is 0 Å². The number of hydrogen-bond acceptors (Lipinski definition) is 4. The molecular weight excluding hydrogens is 429 g/mol. The number of nitrogens with zero attached hydrogens (tertiary/aromatic N) is 1. The van der Waals surface area contributed by atoms with Gasteiger partial charge in [0, 0.05) is 23.9 Å². The zero-order chi connectivity index (χ0) is 20.5. The molecule has 3 rings (SSSR count). The van der Waals surface area contributed by atoms with Crippen LogP contribution in [-0.2, 0) is 16.6 Å². The number of ether oxygens (including phenoxy) is 1. The maximum absolute atomic E-state index is 14.5. The molecular formula is C19H18ClF3N2O3S. The predicted molar refractivity (Wildman–Crippen MR) is 105 cm³/mol. The van der Waals surface area contributed by atoms with Crippen LogP contribution in [0.5, 0.6) is 5.75 Å². The van der Waals surface area contributed by atoms with Crippen LogP contribution in [0, 0.1) is 17.5 Å². The molecule has 0 aliphatic carbocycles. The van der Waals surface area contributed by atoms with Crippen LogP contribution in [-0.4, -0.2) is 26.5 Å². The topological polar surface area (TPSA) is 60.3 Å².